The number of nitrogens with one attached hydrogen (secondary N) is 2. The van der Waals surface area contributed by atoms with Crippen LogP contribution in [0.25, 0.3) is 6.08 Å². The van der Waals surface area contributed by atoms with Gasteiger partial charge < -0.3 is 20.1 Å². The van der Waals surface area contributed by atoms with Crippen LogP contribution in [-0.2, 0) is 9.59 Å². The Morgan fingerprint density at radius 3 is 2.63 bits per heavy atom. The van der Waals surface area contributed by atoms with Crippen molar-refractivity contribution >= 4 is 45.5 Å². The number of rotatable bonds is 6. The summed E-state index contributed by atoms with van der Waals surface area (Å²) in [4.78, 5) is 37.7. The van der Waals surface area contributed by atoms with Crippen molar-refractivity contribution in [3.63, 3.8) is 0 Å². The number of ether oxygens (including phenoxy) is 2. The molecule has 1 aliphatic heterocycles. The predicted octanol–water partition coefficient (Wildman–Crippen LogP) is 3.14. The molecule has 30 heavy (non-hydrogen) atoms. The van der Waals surface area contributed by atoms with E-state index in [0.29, 0.717) is 21.5 Å². The highest BCUT2D eigenvalue weighted by molar-refractivity contribution is 9.10. The smallest absolute Gasteiger partial charge is 0.329 e. The van der Waals surface area contributed by atoms with Crippen molar-refractivity contribution in [2.45, 2.75) is 0 Å². The zero-order chi connectivity index (χ0) is 21.8. The van der Waals surface area contributed by atoms with Crippen molar-refractivity contribution in [1.29, 1.82) is 0 Å². The van der Waals surface area contributed by atoms with Crippen molar-refractivity contribution in [2.75, 3.05) is 26.1 Å². The second kappa shape index (κ2) is 8.95. The Morgan fingerprint density at radius 1 is 1.23 bits per heavy atom. The second-order valence-corrected chi connectivity index (χ2v) is 7.00. The van der Waals surface area contributed by atoms with Crippen molar-refractivity contribution in [2.24, 2.45) is 0 Å². The monoisotopic (exact) mass is 477 g/mol. The summed E-state index contributed by atoms with van der Waals surface area (Å²) in [7, 11) is 2.96. The standard InChI is InChI=1S/C20H17BrFN3O5/c1-29-16-9-11(7-12(21)18(16)30-2)8-15-19(27)25(20(28)24-15)10-17(26)23-14-6-4-3-5-13(14)22/h3-9H,10H2,1-2H3,(H,23,26)(H,24,28)/b15-8-. The zero-order valence-corrected chi connectivity index (χ0v) is 17.6. The van der Waals surface area contributed by atoms with Crippen LogP contribution < -0.4 is 20.1 Å². The molecular weight excluding hydrogens is 461 g/mol. The van der Waals surface area contributed by atoms with Gasteiger partial charge in [-0.25, -0.2) is 14.1 Å². The average molecular weight is 478 g/mol. The maximum absolute atomic E-state index is 13.7. The Balaban J connectivity index is 1.77. The van der Waals surface area contributed by atoms with Crippen LogP contribution in [0.1, 0.15) is 5.56 Å². The van der Waals surface area contributed by atoms with E-state index in [-0.39, 0.29) is 11.4 Å². The van der Waals surface area contributed by atoms with E-state index in [4.69, 9.17) is 9.47 Å². The molecule has 10 heteroatoms. The minimum absolute atomic E-state index is 0.0159. The number of imide groups is 1. The summed E-state index contributed by atoms with van der Waals surface area (Å²) in [5.74, 6) is -1.11. The molecule has 0 radical (unpaired) electrons. The van der Waals surface area contributed by atoms with Crippen molar-refractivity contribution < 1.29 is 28.2 Å². The summed E-state index contributed by atoms with van der Waals surface area (Å²) in [6.07, 6.45) is 1.45. The normalized spacial score (nSPS) is 14.7. The van der Waals surface area contributed by atoms with Gasteiger partial charge in [-0.1, -0.05) is 12.1 Å². The number of para-hydroxylation sites is 1. The van der Waals surface area contributed by atoms with Crippen LogP contribution in [0.2, 0.25) is 0 Å². The van der Waals surface area contributed by atoms with E-state index in [9.17, 15) is 18.8 Å². The van der Waals surface area contributed by atoms with E-state index in [2.05, 4.69) is 26.6 Å². The maximum atomic E-state index is 13.7. The lowest BCUT2D eigenvalue weighted by Gasteiger charge is -2.12. The quantitative estimate of drug-likeness (QED) is 0.492. The molecule has 1 heterocycles. The molecular formula is C20H17BrFN3O5. The number of methoxy groups -OCH3 is 2. The van der Waals surface area contributed by atoms with Crippen LogP contribution in [0.15, 0.2) is 46.6 Å². The molecule has 1 saturated heterocycles. The topological polar surface area (TPSA) is 97.0 Å². The Bertz CT molecular complexity index is 1060. The summed E-state index contributed by atoms with van der Waals surface area (Å²) in [5, 5.41) is 4.76. The molecule has 0 atom stereocenters. The number of hydrogen-bond donors (Lipinski definition) is 2. The third-order valence-electron chi connectivity index (χ3n) is 4.18. The molecule has 0 aliphatic carbocycles. The first-order valence-corrected chi connectivity index (χ1v) is 9.43. The molecule has 2 aromatic carbocycles. The Kier molecular flexibility index (Phi) is 6.36. The first-order valence-electron chi connectivity index (χ1n) is 8.64. The Labute approximate surface area is 179 Å². The highest BCUT2D eigenvalue weighted by Gasteiger charge is 2.35. The number of amides is 4. The van der Waals surface area contributed by atoms with Gasteiger partial charge in [0.1, 0.15) is 18.1 Å². The fraction of sp³-hybridized carbons (Fsp3) is 0.150. The SMILES string of the molecule is COc1cc(/C=C2\NC(=O)N(CC(=O)Nc3ccccc3F)C2=O)cc(Br)c1OC. The van der Waals surface area contributed by atoms with Crippen LogP contribution >= 0.6 is 15.9 Å². The van der Waals surface area contributed by atoms with Gasteiger partial charge in [0.05, 0.1) is 24.4 Å². The number of urea groups is 1. The average Bonchev–Trinajstić information content (AvgIpc) is 2.96. The van der Waals surface area contributed by atoms with Gasteiger partial charge >= 0.3 is 6.03 Å². The third-order valence-corrected chi connectivity index (χ3v) is 4.77. The molecule has 4 amide bonds. The second-order valence-electron chi connectivity index (χ2n) is 6.15. The van der Waals surface area contributed by atoms with Crippen LogP contribution in [-0.4, -0.2) is 43.5 Å². The van der Waals surface area contributed by atoms with Crippen molar-refractivity contribution in [3.05, 3.63) is 57.9 Å². The lowest BCUT2D eigenvalue weighted by molar-refractivity contribution is -0.127. The number of hydrogen-bond acceptors (Lipinski definition) is 5. The van der Waals surface area contributed by atoms with Gasteiger partial charge in [-0.3, -0.25) is 9.59 Å². The van der Waals surface area contributed by atoms with Gasteiger partial charge in [-0.15, -0.1) is 0 Å². The Hall–Kier alpha value is -3.40. The number of benzene rings is 2. The fourth-order valence-corrected chi connectivity index (χ4v) is 3.42. The molecule has 2 aromatic rings. The van der Waals surface area contributed by atoms with Gasteiger partial charge in [0, 0.05) is 0 Å². The fourth-order valence-electron chi connectivity index (χ4n) is 2.80. The van der Waals surface area contributed by atoms with Gasteiger partial charge in [0.25, 0.3) is 5.91 Å². The van der Waals surface area contributed by atoms with E-state index in [1.54, 1.807) is 18.2 Å². The Morgan fingerprint density at radius 2 is 1.97 bits per heavy atom. The van der Waals surface area contributed by atoms with E-state index in [0.717, 1.165) is 4.90 Å². The summed E-state index contributed by atoms with van der Waals surface area (Å²) >= 11 is 3.36. The molecule has 0 aromatic heterocycles. The minimum atomic E-state index is -0.755. The molecule has 1 fully saturated rings. The van der Waals surface area contributed by atoms with Gasteiger partial charge in [-0.2, -0.15) is 0 Å². The van der Waals surface area contributed by atoms with Crippen LogP contribution in [0, 0.1) is 5.82 Å². The first kappa shape index (κ1) is 21.3. The van der Waals surface area contributed by atoms with Crippen LogP contribution in [0.4, 0.5) is 14.9 Å². The molecule has 8 nitrogen and oxygen atoms in total. The van der Waals surface area contributed by atoms with Crippen molar-refractivity contribution in [3.8, 4) is 11.5 Å². The highest BCUT2D eigenvalue weighted by atomic mass is 79.9. The van der Waals surface area contributed by atoms with Crippen LogP contribution in [0.5, 0.6) is 11.5 Å². The van der Waals surface area contributed by atoms with Gasteiger partial charge in [0.2, 0.25) is 5.91 Å². The van der Waals surface area contributed by atoms with E-state index < -0.39 is 30.2 Å². The molecule has 3 rings (SSSR count). The number of halogens is 2. The van der Waals surface area contributed by atoms with E-state index >= 15 is 0 Å². The number of anilines is 1. The van der Waals surface area contributed by atoms with E-state index in [1.807, 2.05) is 0 Å². The first-order chi connectivity index (χ1) is 14.3. The van der Waals surface area contributed by atoms with Crippen molar-refractivity contribution in [1.82, 2.24) is 10.2 Å². The molecule has 0 spiro atoms. The molecule has 0 bridgehead atoms. The zero-order valence-electron chi connectivity index (χ0n) is 16.0. The number of carbonyl (C=O) groups is 3. The summed E-state index contributed by atoms with van der Waals surface area (Å²) in [6, 6.07) is 8.14. The molecule has 2 N–H and O–H groups in total. The van der Waals surface area contributed by atoms with Crippen LogP contribution in [0.3, 0.4) is 0 Å². The minimum Gasteiger partial charge on any atom is -0.493 e. The highest BCUT2D eigenvalue weighted by Crippen LogP contribution is 2.37. The van der Waals surface area contributed by atoms with E-state index in [1.165, 1.54) is 38.5 Å². The summed E-state index contributed by atoms with van der Waals surface area (Å²) in [6.45, 7) is -0.564. The van der Waals surface area contributed by atoms with Gasteiger partial charge in [-0.05, 0) is 51.8 Å². The number of nitrogens with zero attached hydrogens (tertiary/aromatic N) is 1. The molecule has 156 valence electrons. The number of carbonyl (C=O) groups excluding carboxylic acids is 3. The largest absolute Gasteiger partial charge is 0.493 e. The summed E-state index contributed by atoms with van der Waals surface area (Å²) in [5.41, 5.74) is 0.499. The maximum Gasteiger partial charge on any atom is 0.329 e. The third kappa shape index (κ3) is 4.43. The lowest BCUT2D eigenvalue weighted by Crippen LogP contribution is -2.38. The van der Waals surface area contributed by atoms with Gasteiger partial charge in [0.15, 0.2) is 11.5 Å². The molecule has 0 saturated carbocycles. The lowest BCUT2D eigenvalue weighted by atomic mass is 10.1. The molecule has 1 aliphatic rings. The summed E-state index contributed by atoms with van der Waals surface area (Å²) < 4.78 is 24.8. The predicted molar refractivity (Wildman–Crippen MR) is 110 cm³/mol. The molecule has 0 unspecified atom stereocenters.